The maximum absolute atomic E-state index is 8.64. The van der Waals surface area contributed by atoms with Gasteiger partial charge in [0.1, 0.15) is 12.4 Å². The smallest absolute Gasteiger partial charge is 0.119 e. The summed E-state index contributed by atoms with van der Waals surface area (Å²) in [4.78, 5) is 0. The van der Waals surface area contributed by atoms with Gasteiger partial charge in [0.15, 0.2) is 0 Å². The number of ether oxygens (including phenoxy) is 2. The quantitative estimate of drug-likeness (QED) is 0.586. The molecule has 3 heteroatoms. The van der Waals surface area contributed by atoms with Gasteiger partial charge in [-0.3, -0.25) is 0 Å². The lowest BCUT2D eigenvalue weighted by atomic mass is 10.1. The summed E-state index contributed by atoms with van der Waals surface area (Å²) in [7, 11) is 0. The lowest BCUT2D eigenvalue weighted by Gasteiger charge is -2.08. The zero-order valence-electron chi connectivity index (χ0n) is 12.4. The molecule has 0 aliphatic carbocycles. The Morgan fingerprint density at radius 2 is 1.85 bits per heavy atom. The van der Waals surface area contributed by atoms with E-state index < -0.39 is 0 Å². The number of aliphatic hydroxyl groups is 1. The monoisotopic (exact) mass is 276 g/mol. The third-order valence-corrected chi connectivity index (χ3v) is 2.66. The van der Waals surface area contributed by atoms with Crippen molar-refractivity contribution in [3.05, 3.63) is 29.8 Å². The summed E-state index contributed by atoms with van der Waals surface area (Å²) in [6.45, 7) is 6.44. The molecule has 20 heavy (non-hydrogen) atoms. The Morgan fingerprint density at radius 3 is 2.50 bits per heavy atom. The van der Waals surface area contributed by atoms with E-state index in [1.165, 1.54) is 0 Å². The van der Waals surface area contributed by atoms with Crippen LogP contribution in [0.15, 0.2) is 24.3 Å². The Bertz CT molecular complexity index is 412. The first-order chi connectivity index (χ1) is 9.72. The molecule has 0 unspecified atom stereocenters. The normalized spacial score (nSPS) is 10.2. The standard InChI is InChI=1S/C17H24O3/c1-15(2)10-12-19-13-14-20-17-8-6-16(7-9-17)5-3-4-11-18/h6-9,15,18H,4,10-14H2,1-2H3. The van der Waals surface area contributed by atoms with Gasteiger partial charge < -0.3 is 14.6 Å². The minimum absolute atomic E-state index is 0.102. The van der Waals surface area contributed by atoms with Crippen LogP contribution in [0.5, 0.6) is 5.75 Å². The highest BCUT2D eigenvalue weighted by atomic mass is 16.5. The summed E-state index contributed by atoms with van der Waals surface area (Å²) in [6, 6.07) is 7.63. The van der Waals surface area contributed by atoms with Crippen LogP contribution >= 0.6 is 0 Å². The molecular weight excluding hydrogens is 252 g/mol. The minimum Gasteiger partial charge on any atom is -0.491 e. The number of rotatable bonds is 8. The molecule has 0 amide bonds. The van der Waals surface area contributed by atoms with Crippen molar-refractivity contribution < 1.29 is 14.6 Å². The second-order valence-electron chi connectivity index (χ2n) is 4.94. The summed E-state index contributed by atoms with van der Waals surface area (Å²) < 4.78 is 11.1. The molecular formula is C17H24O3. The van der Waals surface area contributed by atoms with E-state index in [9.17, 15) is 0 Å². The second-order valence-corrected chi connectivity index (χ2v) is 4.94. The largest absolute Gasteiger partial charge is 0.491 e. The molecule has 0 saturated carbocycles. The molecule has 1 aromatic rings. The Hall–Kier alpha value is -1.50. The average Bonchev–Trinajstić information content (AvgIpc) is 2.44. The van der Waals surface area contributed by atoms with Crippen LogP contribution in [0.4, 0.5) is 0 Å². The molecule has 1 N–H and O–H groups in total. The first-order valence-corrected chi connectivity index (χ1v) is 7.12. The lowest BCUT2D eigenvalue weighted by Crippen LogP contribution is -2.08. The maximum Gasteiger partial charge on any atom is 0.119 e. The fourth-order valence-electron chi connectivity index (χ4n) is 1.49. The van der Waals surface area contributed by atoms with Gasteiger partial charge >= 0.3 is 0 Å². The van der Waals surface area contributed by atoms with Gasteiger partial charge in [-0.1, -0.05) is 25.7 Å². The van der Waals surface area contributed by atoms with Gasteiger partial charge in [-0.15, -0.1) is 0 Å². The van der Waals surface area contributed by atoms with E-state index in [0.717, 1.165) is 24.3 Å². The zero-order valence-corrected chi connectivity index (χ0v) is 12.4. The molecule has 0 atom stereocenters. The Balaban J connectivity index is 2.20. The first kappa shape index (κ1) is 16.6. The number of aliphatic hydroxyl groups excluding tert-OH is 1. The van der Waals surface area contributed by atoms with Crippen molar-refractivity contribution in [3.63, 3.8) is 0 Å². The molecule has 0 heterocycles. The average molecular weight is 276 g/mol. The van der Waals surface area contributed by atoms with Gasteiger partial charge in [-0.05, 0) is 36.6 Å². The van der Waals surface area contributed by atoms with Gasteiger partial charge in [-0.25, -0.2) is 0 Å². The van der Waals surface area contributed by atoms with Crippen molar-refractivity contribution in [1.29, 1.82) is 0 Å². The molecule has 1 rings (SSSR count). The predicted molar refractivity (Wildman–Crippen MR) is 80.8 cm³/mol. The maximum atomic E-state index is 8.64. The number of benzene rings is 1. The number of hydrogen-bond acceptors (Lipinski definition) is 3. The molecule has 3 nitrogen and oxygen atoms in total. The molecule has 0 spiro atoms. The van der Waals surface area contributed by atoms with Crippen molar-refractivity contribution >= 4 is 0 Å². The topological polar surface area (TPSA) is 38.7 Å². The van der Waals surface area contributed by atoms with Gasteiger partial charge in [0.05, 0.1) is 13.2 Å². The minimum atomic E-state index is 0.102. The Morgan fingerprint density at radius 1 is 1.10 bits per heavy atom. The van der Waals surface area contributed by atoms with Crippen molar-refractivity contribution in [1.82, 2.24) is 0 Å². The van der Waals surface area contributed by atoms with Crippen LogP contribution in [0, 0.1) is 17.8 Å². The van der Waals surface area contributed by atoms with Crippen LogP contribution in [0.25, 0.3) is 0 Å². The van der Waals surface area contributed by atoms with Crippen LogP contribution in [-0.2, 0) is 4.74 Å². The SMILES string of the molecule is CC(C)CCOCCOc1ccc(C#CCCO)cc1. The highest BCUT2D eigenvalue weighted by Gasteiger charge is 1.96. The van der Waals surface area contributed by atoms with E-state index in [2.05, 4.69) is 25.7 Å². The third kappa shape index (κ3) is 7.83. The van der Waals surface area contributed by atoms with E-state index in [1.54, 1.807) is 0 Å². The highest BCUT2D eigenvalue weighted by Crippen LogP contribution is 2.11. The Labute approximate surface area is 121 Å². The summed E-state index contributed by atoms with van der Waals surface area (Å²) in [5.41, 5.74) is 0.930. The summed E-state index contributed by atoms with van der Waals surface area (Å²) in [5.74, 6) is 7.36. The summed E-state index contributed by atoms with van der Waals surface area (Å²) >= 11 is 0. The van der Waals surface area contributed by atoms with Gasteiger partial charge in [0, 0.05) is 18.6 Å². The van der Waals surface area contributed by atoms with Gasteiger partial charge in [-0.2, -0.15) is 0 Å². The third-order valence-electron chi connectivity index (χ3n) is 2.66. The van der Waals surface area contributed by atoms with Crippen LogP contribution in [0.1, 0.15) is 32.3 Å². The fraction of sp³-hybridized carbons (Fsp3) is 0.529. The molecule has 0 aliphatic heterocycles. The molecule has 0 aromatic heterocycles. The molecule has 1 aromatic carbocycles. The van der Waals surface area contributed by atoms with E-state index in [0.29, 0.717) is 25.6 Å². The lowest BCUT2D eigenvalue weighted by molar-refractivity contribution is 0.0926. The van der Waals surface area contributed by atoms with Crippen LogP contribution in [0.3, 0.4) is 0 Å². The van der Waals surface area contributed by atoms with E-state index in [4.69, 9.17) is 14.6 Å². The van der Waals surface area contributed by atoms with Crippen LogP contribution in [0.2, 0.25) is 0 Å². The summed E-state index contributed by atoms with van der Waals surface area (Å²) in [6.07, 6.45) is 1.59. The molecule has 0 fully saturated rings. The highest BCUT2D eigenvalue weighted by molar-refractivity contribution is 5.38. The van der Waals surface area contributed by atoms with Crippen molar-refractivity contribution in [2.24, 2.45) is 5.92 Å². The molecule has 110 valence electrons. The zero-order chi connectivity index (χ0) is 14.6. The van der Waals surface area contributed by atoms with Crippen molar-refractivity contribution in [2.75, 3.05) is 26.4 Å². The predicted octanol–water partition coefficient (Wildman–Crippen LogP) is 2.86. The summed E-state index contributed by atoms with van der Waals surface area (Å²) in [5, 5.41) is 8.64. The molecule has 0 saturated heterocycles. The molecule has 0 aliphatic rings. The van der Waals surface area contributed by atoms with Crippen LogP contribution in [-0.4, -0.2) is 31.5 Å². The van der Waals surface area contributed by atoms with E-state index in [1.807, 2.05) is 24.3 Å². The van der Waals surface area contributed by atoms with Gasteiger partial charge in [0.2, 0.25) is 0 Å². The molecule has 0 bridgehead atoms. The Kier molecular flexibility index (Phi) is 8.53. The van der Waals surface area contributed by atoms with E-state index in [-0.39, 0.29) is 6.61 Å². The van der Waals surface area contributed by atoms with E-state index >= 15 is 0 Å². The van der Waals surface area contributed by atoms with Crippen LogP contribution < -0.4 is 4.74 Å². The second kappa shape index (κ2) is 10.3. The van der Waals surface area contributed by atoms with Crippen molar-refractivity contribution in [2.45, 2.75) is 26.7 Å². The van der Waals surface area contributed by atoms with Crippen molar-refractivity contribution in [3.8, 4) is 17.6 Å². The first-order valence-electron chi connectivity index (χ1n) is 7.12. The fourth-order valence-corrected chi connectivity index (χ4v) is 1.49. The number of hydrogen-bond donors (Lipinski definition) is 1. The molecule has 0 radical (unpaired) electrons. The van der Waals surface area contributed by atoms with Gasteiger partial charge in [0.25, 0.3) is 0 Å².